The smallest absolute Gasteiger partial charge is 0.164 e. The van der Waals surface area contributed by atoms with Gasteiger partial charge < -0.3 is 14.2 Å². The van der Waals surface area contributed by atoms with E-state index in [1.165, 1.54) is 0 Å². The third-order valence-corrected chi connectivity index (χ3v) is 2.55. The van der Waals surface area contributed by atoms with E-state index >= 15 is 0 Å². The fourth-order valence-corrected chi connectivity index (χ4v) is 1.89. The Morgan fingerprint density at radius 2 is 1.87 bits per heavy atom. The zero-order valence-electron chi connectivity index (χ0n) is 9.17. The number of halogens is 1. The summed E-state index contributed by atoms with van der Waals surface area (Å²) in [6.07, 6.45) is 0.801. The normalized spacial score (nSPS) is 10.1. The predicted molar refractivity (Wildman–Crippen MR) is 62.8 cm³/mol. The van der Waals surface area contributed by atoms with Gasteiger partial charge in [0.1, 0.15) is 0 Å². The summed E-state index contributed by atoms with van der Waals surface area (Å²) in [5.74, 6) is 1.51. The quantitative estimate of drug-likeness (QED) is 0.826. The highest BCUT2D eigenvalue weighted by atomic mass is 79.9. The van der Waals surface area contributed by atoms with Gasteiger partial charge in [-0.2, -0.15) is 0 Å². The van der Waals surface area contributed by atoms with Crippen LogP contribution in [-0.4, -0.2) is 27.9 Å². The molecular weight excluding hydrogens is 260 g/mol. The lowest BCUT2D eigenvalue weighted by atomic mass is 10.1. The molecule has 0 fully saturated rings. The third-order valence-electron chi connectivity index (χ3n) is 2.10. The molecule has 1 aromatic rings. The Balaban J connectivity index is 3.05. The minimum absolute atomic E-state index is 0.663. The highest BCUT2D eigenvalue weighted by Gasteiger charge is 2.11. The second kappa shape index (κ2) is 5.98. The van der Waals surface area contributed by atoms with E-state index in [0.29, 0.717) is 6.61 Å². The molecule has 0 saturated heterocycles. The van der Waals surface area contributed by atoms with Gasteiger partial charge in [0.05, 0.1) is 20.8 Å². The van der Waals surface area contributed by atoms with E-state index < -0.39 is 0 Å². The average Bonchev–Trinajstić information content (AvgIpc) is 2.25. The SMILES string of the molecule is COCCc1cc(Br)cc(OC)c1OC. The van der Waals surface area contributed by atoms with E-state index in [9.17, 15) is 0 Å². The van der Waals surface area contributed by atoms with Crippen molar-refractivity contribution in [3.8, 4) is 11.5 Å². The first-order valence-corrected chi connectivity index (χ1v) is 5.41. The van der Waals surface area contributed by atoms with Crippen LogP contribution in [0.1, 0.15) is 5.56 Å². The lowest BCUT2D eigenvalue weighted by molar-refractivity contribution is 0.201. The van der Waals surface area contributed by atoms with E-state index in [2.05, 4.69) is 15.9 Å². The number of methoxy groups -OCH3 is 3. The zero-order chi connectivity index (χ0) is 11.3. The van der Waals surface area contributed by atoms with Crippen molar-refractivity contribution in [1.29, 1.82) is 0 Å². The number of hydrogen-bond donors (Lipinski definition) is 0. The van der Waals surface area contributed by atoms with Crippen LogP contribution in [0.15, 0.2) is 16.6 Å². The Labute approximate surface area is 98.5 Å². The Hall–Kier alpha value is -0.740. The van der Waals surface area contributed by atoms with Crippen molar-refractivity contribution in [3.63, 3.8) is 0 Å². The summed E-state index contributed by atoms with van der Waals surface area (Å²) in [5.41, 5.74) is 1.07. The van der Waals surface area contributed by atoms with Gasteiger partial charge in [0.15, 0.2) is 11.5 Å². The van der Waals surface area contributed by atoms with Gasteiger partial charge in [-0.1, -0.05) is 15.9 Å². The first kappa shape index (κ1) is 12.3. The van der Waals surface area contributed by atoms with Crippen molar-refractivity contribution in [2.45, 2.75) is 6.42 Å². The van der Waals surface area contributed by atoms with Gasteiger partial charge in [-0.15, -0.1) is 0 Å². The molecule has 0 saturated carbocycles. The van der Waals surface area contributed by atoms with Crippen LogP contribution >= 0.6 is 15.9 Å². The lowest BCUT2D eigenvalue weighted by Crippen LogP contribution is -2.00. The van der Waals surface area contributed by atoms with Crippen LogP contribution in [0.2, 0.25) is 0 Å². The van der Waals surface area contributed by atoms with Crippen molar-refractivity contribution in [2.24, 2.45) is 0 Å². The van der Waals surface area contributed by atoms with E-state index in [4.69, 9.17) is 14.2 Å². The van der Waals surface area contributed by atoms with Crippen LogP contribution in [0, 0.1) is 0 Å². The Bertz CT molecular complexity index is 326. The Morgan fingerprint density at radius 1 is 1.13 bits per heavy atom. The molecule has 1 rings (SSSR count). The molecule has 0 spiro atoms. The summed E-state index contributed by atoms with van der Waals surface area (Å²) in [7, 11) is 4.95. The topological polar surface area (TPSA) is 27.7 Å². The van der Waals surface area contributed by atoms with E-state index in [-0.39, 0.29) is 0 Å². The van der Waals surface area contributed by atoms with Crippen LogP contribution in [0.4, 0.5) is 0 Å². The molecule has 0 aromatic heterocycles. The second-order valence-electron chi connectivity index (χ2n) is 3.04. The number of rotatable bonds is 5. The zero-order valence-corrected chi connectivity index (χ0v) is 10.8. The van der Waals surface area contributed by atoms with E-state index in [1.54, 1.807) is 21.3 Å². The van der Waals surface area contributed by atoms with Gasteiger partial charge in [-0.3, -0.25) is 0 Å². The lowest BCUT2D eigenvalue weighted by Gasteiger charge is -2.13. The van der Waals surface area contributed by atoms with E-state index in [0.717, 1.165) is 28.0 Å². The second-order valence-corrected chi connectivity index (χ2v) is 3.96. The molecule has 0 bridgehead atoms. The van der Waals surface area contributed by atoms with Crippen molar-refractivity contribution in [3.05, 3.63) is 22.2 Å². The summed E-state index contributed by atoms with van der Waals surface area (Å²) in [4.78, 5) is 0. The maximum atomic E-state index is 5.32. The molecule has 0 aliphatic rings. The summed E-state index contributed by atoms with van der Waals surface area (Å²) >= 11 is 3.43. The molecule has 0 radical (unpaired) electrons. The van der Waals surface area contributed by atoms with Crippen molar-refractivity contribution >= 4 is 15.9 Å². The first-order chi connectivity index (χ1) is 7.22. The first-order valence-electron chi connectivity index (χ1n) is 4.62. The van der Waals surface area contributed by atoms with Crippen LogP contribution in [0.3, 0.4) is 0 Å². The summed E-state index contributed by atoms with van der Waals surface area (Å²) in [6.45, 7) is 0.663. The van der Waals surface area contributed by atoms with Gasteiger partial charge in [0.2, 0.25) is 0 Å². The maximum Gasteiger partial charge on any atom is 0.164 e. The molecule has 0 heterocycles. The largest absolute Gasteiger partial charge is 0.493 e. The van der Waals surface area contributed by atoms with Crippen molar-refractivity contribution in [1.82, 2.24) is 0 Å². The standard InChI is InChI=1S/C11H15BrO3/c1-13-5-4-8-6-9(12)7-10(14-2)11(8)15-3/h6-7H,4-5H2,1-3H3. The molecule has 1 aromatic carbocycles. The summed E-state index contributed by atoms with van der Waals surface area (Å²) in [6, 6.07) is 3.90. The van der Waals surface area contributed by atoms with Crippen molar-refractivity contribution in [2.75, 3.05) is 27.9 Å². The summed E-state index contributed by atoms with van der Waals surface area (Å²) < 4.78 is 16.6. The maximum absolute atomic E-state index is 5.32. The van der Waals surface area contributed by atoms with Gasteiger partial charge in [0, 0.05) is 17.1 Å². The van der Waals surface area contributed by atoms with Gasteiger partial charge in [-0.25, -0.2) is 0 Å². The molecule has 84 valence electrons. The minimum Gasteiger partial charge on any atom is -0.493 e. The predicted octanol–water partition coefficient (Wildman–Crippen LogP) is 2.66. The third kappa shape index (κ3) is 3.11. The molecule has 15 heavy (non-hydrogen) atoms. The average molecular weight is 275 g/mol. The molecule has 0 aliphatic carbocycles. The molecule has 4 heteroatoms. The van der Waals surface area contributed by atoms with Crippen molar-refractivity contribution < 1.29 is 14.2 Å². The van der Waals surface area contributed by atoms with Crippen LogP contribution in [-0.2, 0) is 11.2 Å². The number of benzene rings is 1. The van der Waals surface area contributed by atoms with Gasteiger partial charge >= 0.3 is 0 Å². The Kier molecular flexibility index (Phi) is 4.91. The van der Waals surface area contributed by atoms with Gasteiger partial charge in [0.25, 0.3) is 0 Å². The Morgan fingerprint density at radius 3 is 2.40 bits per heavy atom. The molecule has 0 aliphatic heterocycles. The fraction of sp³-hybridized carbons (Fsp3) is 0.455. The van der Waals surface area contributed by atoms with E-state index in [1.807, 2.05) is 12.1 Å². The van der Waals surface area contributed by atoms with Crippen LogP contribution in [0.25, 0.3) is 0 Å². The monoisotopic (exact) mass is 274 g/mol. The minimum atomic E-state index is 0.663. The fourth-order valence-electron chi connectivity index (χ4n) is 1.40. The highest BCUT2D eigenvalue weighted by molar-refractivity contribution is 9.10. The molecule has 3 nitrogen and oxygen atoms in total. The molecule has 0 N–H and O–H groups in total. The molecular formula is C11H15BrO3. The van der Waals surface area contributed by atoms with Crippen LogP contribution < -0.4 is 9.47 Å². The summed E-state index contributed by atoms with van der Waals surface area (Å²) in [5, 5.41) is 0. The number of ether oxygens (including phenoxy) is 3. The van der Waals surface area contributed by atoms with Crippen LogP contribution in [0.5, 0.6) is 11.5 Å². The molecule has 0 unspecified atom stereocenters. The molecule has 0 atom stereocenters. The number of hydrogen-bond acceptors (Lipinski definition) is 3. The highest BCUT2D eigenvalue weighted by Crippen LogP contribution is 2.34. The van der Waals surface area contributed by atoms with Gasteiger partial charge in [-0.05, 0) is 18.6 Å². The molecule has 0 amide bonds.